The molecule has 0 N–H and O–H groups in total. The second kappa shape index (κ2) is 5.53. The highest BCUT2D eigenvalue weighted by Crippen LogP contribution is 2.38. The zero-order valence-electron chi connectivity index (χ0n) is 9.72. The maximum atomic E-state index is 10.9. The van der Waals surface area contributed by atoms with E-state index in [2.05, 4.69) is 13.8 Å². The SMILES string of the molecule is CC(C=O)C1(C)CCCCCCCC1. The molecular formula is C13H24O. The summed E-state index contributed by atoms with van der Waals surface area (Å²) in [6, 6.07) is 0. The van der Waals surface area contributed by atoms with Crippen molar-refractivity contribution in [2.45, 2.75) is 65.2 Å². The third kappa shape index (κ3) is 3.11. The van der Waals surface area contributed by atoms with Crippen LogP contribution in [0.3, 0.4) is 0 Å². The number of aldehydes is 1. The third-order valence-electron chi connectivity index (χ3n) is 4.05. The Morgan fingerprint density at radius 2 is 1.43 bits per heavy atom. The molecular weight excluding hydrogens is 172 g/mol. The van der Waals surface area contributed by atoms with Crippen molar-refractivity contribution in [2.75, 3.05) is 0 Å². The summed E-state index contributed by atoms with van der Waals surface area (Å²) in [5.74, 6) is 0.237. The number of carbonyl (C=O) groups is 1. The van der Waals surface area contributed by atoms with Gasteiger partial charge in [-0.25, -0.2) is 0 Å². The molecule has 0 heterocycles. The first-order valence-electron chi connectivity index (χ1n) is 6.14. The summed E-state index contributed by atoms with van der Waals surface area (Å²) in [5.41, 5.74) is 0.284. The van der Waals surface area contributed by atoms with Crippen LogP contribution in [0.4, 0.5) is 0 Å². The van der Waals surface area contributed by atoms with Crippen LogP contribution in [0.5, 0.6) is 0 Å². The predicted octanol–water partition coefficient (Wildman–Crippen LogP) is 3.96. The van der Waals surface area contributed by atoms with Crippen molar-refractivity contribution < 1.29 is 4.79 Å². The fraction of sp³-hybridized carbons (Fsp3) is 0.923. The van der Waals surface area contributed by atoms with E-state index in [1.165, 1.54) is 51.4 Å². The van der Waals surface area contributed by atoms with Gasteiger partial charge in [-0.1, -0.05) is 52.4 Å². The minimum Gasteiger partial charge on any atom is -0.303 e. The molecule has 0 saturated heterocycles. The first-order valence-corrected chi connectivity index (χ1v) is 6.14. The van der Waals surface area contributed by atoms with E-state index < -0.39 is 0 Å². The van der Waals surface area contributed by atoms with E-state index in [0.717, 1.165) is 6.29 Å². The van der Waals surface area contributed by atoms with Crippen LogP contribution in [0, 0.1) is 11.3 Å². The Balaban J connectivity index is 2.56. The maximum Gasteiger partial charge on any atom is 0.123 e. The lowest BCUT2D eigenvalue weighted by Crippen LogP contribution is -2.26. The predicted molar refractivity (Wildman–Crippen MR) is 60.3 cm³/mol. The first-order chi connectivity index (χ1) is 6.69. The quantitative estimate of drug-likeness (QED) is 0.611. The molecule has 14 heavy (non-hydrogen) atoms. The Morgan fingerprint density at radius 3 is 1.86 bits per heavy atom. The highest BCUT2D eigenvalue weighted by atomic mass is 16.1. The van der Waals surface area contributed by atoms with Gasteiger partial charge in [-0.3, -0.25) is 0 Å². The summed E-state index contributed by atoms with van der Waals surface area (Å²) in [6.45, 7) is 4.39. The van der Waals surface area contributed by atoms with Crippen molar-refractivity contribution in [1.29, 1.82) is 0 Å². The van der Waals surface area contributed by atoms with Crippen molar-refractivity contribution in [3.63, 3.8) is 0 Å². The van der Waals surface area contributed by atoms with E-state index in [4.69, 9.17) is 0 Å². The molecule has 0 aromatic heterocycles. The minimum absolute atomic E-state index is 0.237. The van der Waals surface area contributed by atoms with Gasteiger partial charge in [0, 0.05) is 5.92 Å². The molecule has 1 fully saturated rings. The van der Waals surface area contributed by atoms with E-state index in [1.807, 2.05) is 0 Å². The van der Waals surface area contributed by atoms with Crippen LogP contribution in [-0.4, -0.2) is 6.29 Å². The second-order valence-corrected chi connectivity index (χ2v) is 5.20. The standard InChI is InChI=1S/C13H24O/c1-12(11-14)13(2)9-7-5-3-4-6-8-10-13/h11-12H,3-10H2,1-2H3. The molecule has 0 amide bonds. The van der Waals surface area contributed by atoms with Crippen molar-refractivity contribution >= 4 is 6.29 Å². The van der Waals surface area contributed by atoms with Crippen LogP contribution in [0.2, 0.25) is 0 Å². The second-order valence-electron chi connectivity index (χ2n) is 5.20. The molecule has 82 valence electrons. The van der Waals surface area contributed by atoms with Crippen molar-refractivity contribution in [3.05, 3.63) is 0 Å². The molecule has 0 aromatic rings. The van der Waals surface area contributed by atoms with Gasteiger partial charge >= 0.3 is 0 Å². The van der Waals surface area contributed by atoms with Crippen LogP contribution in [0.25, 0.3) is 0 Å². The van der Waals surface area contributed by atoms with Gasteiger partial charge in [-0.05, 0) is 18.3 Å². The molecule has 1 heteroatoms. The van der Waals surface area contributed by atoms with E-state index >= 15 is 0 Å². The van der Waals surface area contributed by atoms with Crippen LogP contribution in [0.1, 0.15) is 65.2 Å². The van der Waals surface area contributed by atoms with E-state index in [1.54, 1.807) is 0 Å². The van der Waals surface area contributed by atoms with E-state index in [9.17, 15) is 4.79 Å². The summed E-state index contributed by atoms with van der Waals surface area (Å²) in [7, 11) is 0. The van der Waals surface area contributed by atoms with Gasteiger partial charge in [0.2, 0.25) is 0 Å². The number of rotatable bonds is 2. The van der Waals surface area contributed by atoms with Gasteiger partial charge in [0.05, 0.1) is 0 Å². The van der Waals surface area contributed by atoms with Gasteiger partial charge in [0.15, 0.2) is 0 Å². The topological polar surface area (TPSA) is 17.1 Å². The number of hydrogen-bond donors (Lipinski definition) is 0. The van der Waals surface area contributed by atoms with Crippen molar-refractivity contribution in [2.24, 2.45) is 11.3 Å². The first kappa shape index (κ1) is 11.7. The maximum absolute atomic E-state index is 10.9. The Hall–Kier alpha value is -0.330. The molecule has 0 radical (unpaired) electrons. The molecule has 0 aliphatic heterocycles. The largest absolute Gasteiger partial charge is 0.303 e. The summed E-state index contributed by atoms with van der Waals surface area (Å²) >= 11 is 0. The molecule has 0 bridgehead atoms. The van der Waals surface area contributed by atoms with Crippen LogP contribution >= 0.6 is 0 Å². The Bertz CT molecular complexity index is 164. The highest BCUT2D eigenvalue weighted by molar-refractivity contribution is 5.54. The lowest BCUT2D eigenvalue weighted by molar-refractivity contribution is -0.114. The van der Waals surface area contributed by atoms with Crippen LogP contribution in [-0.2, 0) is 4.79 Å². The van der Waals surface area contributed by atoms with Gasteiger partial charge in [-0.15, -0.1) is 0 Å². The lowest BCUT2D eigenvalue weighted by atomic mass is 9.72. The summed E-state index contributed by atoms with van der Waals surface area (Å²) in [4.78, 5) is 10.9. The molecule has 1 nitrogen and oxygen atoms in total. The monoisotopic (exact) mass is 196 g/mol. The normalized spacial score (nSPS) is 25.6. The van der Waals surface area contributed by atoms with E-state index in [0.29, 0.717) is 0 Å². The Kier molecular flexibility index (Phi) is 4.64. The molecule has 0 aromatic carbocycles. The fourth-order valence-corrected chi connectivity index (χ4v) is 2.51. The smallest absolute Gasteiger partial charge is 0.123 e. The van der Waals surface area contributed by atoms with E-state index in [-0.39, 0.29) is 11.3 Å². The minimum atomic E-state index is 0.237. The van der Waals surface area contributed by atoms with Crippen LogP contribution < -0.4 is 0 Å². The van der Waals surface area contributed by atoms with Gasteiger partial charge in [0.25, 0.3) is 0 Å². The van der Waals surface area contributed by atoms with Gasteiger partial charge < -0.3 is 4.79 Å². The van der Waals surface area contributed by atoms with Gasteiger partial charge in [-0.2, -0.15) is 0 Å². The zero-order valence-corrected chi connectivity index (χ0v) is 9.72. The highest BCUT2D eigenvalue weighted by Gasteiger charge is 2.30. The third-order valence-corrected chi connectivity index (χ3v) is 4.05. The Labute approximate surface area is 88.3 Å². The zero-order chi connectivity index (χ0) is 10.4. The summed E-state index contributed by atoms with van der Waals surface area (Å²) < 4.78 is 0. The number of carbonyl (C=O) groups excluding carboxylic acids is 1. The van der Waals surface area contributed by atoms with Crippen molar-refractivity contribution in [3.8, 4) is 0 Å². The molecule has 0 spiro atoms. The van der Waals surface area contributed by atoms with Crippen LogP contribution in [0.15, 0.2) is 0 Å². The molecule has 1 rings (SSSR count). The molecule has 1 aliphatic carbocycles. The lowest BCUT2D eigenvalue weighted by Gasteiger charge is -2.32. The average molecular weight is 196 g/mol. The van der Waals surface area contributed by atoms with Gasteiger partial charge in [0.1, 0.15) is 6.29 Å². The summed E-state index contributed by atoms with van der Waals surface area (Å²) in [6.07, 6.45) is 11.8. The number of hydrogen-bond acceptors (Lipinski definition) is 1. The molecule has 1 unspecified atom stereocenters. The molecule has 1 aliphatic rings. The summed E-state index contributed by atoms with van der Waals surface area (Å²) in [5, 5.41) is 0. The van der Waals surface area contributed by atoms with Crippen molar-refractivity contribution in [1.82, 2.24) is 0 Å². The fourth-order valence-electron chi connectivity index (χ4n) is 2.51. The molecule has 1 atom stereocenters. The Morgan fingerprint density at radius 1 is 1.00 bits per heavy atom. The molecule has 1 saturated carbocycles. The average Bonchev–Trinajstić information content (AvgIpc) is 2.30.